The van der Waals surface area contributed by atoms with Crippen molar-refractivity contribution in [3.8, 4) is 0 Å². The van der Waals surface area contributed by atoms with Gasteiger partial charge in [0.1, 0.15) is 0 Å². The Kier molecular flexibility index (Phi) is 5.05. The number of carbonyl (C=O) groups excluding carboxylic acids is 1. The number of hydrogen-bond donors (Lipinski definition) is 1. The summed E-state index contributed by atoms with van der Waals surface area (Å²) in [6, 6.07) is 0.539. The highest BCUT2D eigenvalue weighted by Crippen LogP contribution is 2.26. The highest BCUT2D eigenvalue weighted by molar-refractivity contribution is 5.78. The fourth-order valence-electron chi connectivity index (χ4n) is 1.81. The topological polar surface area (TPSA) is 43.8 Å². The maximum Gasteiger partial charge on any atom is 0.236 e. The molecule has 0 atom stereocenters. The number of carbonyl (C=O) groups is 1. The molecule has 0 aromatic heterocycles. The first-order valence-electron chi connectivity index (χ1n) is 5.85. The lowest BCUT2D eigenvalue weighted by molar-refractivity contribution is -0.132. The Morgan fingerprint density at radius 3 is 2.33 bits per heavy atom. The van der Waals surface area contributed by atoms with Gasteiger partial charge in [0, 0.05) is 25.7 Å². The second-order valence-corrected chi connectivity index (χ2v) is 3.99. The summed E-state index contributed by atoms with van der Waals surface area (Å²) in [6.07, 6.45) is 2.34. The summed E-state index contributed by atoms with van der Waals surface area (Å²) in [6.45, 7) is 6.76. The number of aliphatic hydroxyl groups excluding tert-OH is 1. The number of hydrogen-bond acceptors (Lipinski definition) is 3. The summed E-state index contributed by atoms with van der Waals surface area (Å²) in [4.78, 5) is 15.8. The minimum Gasteiger partial charge on any atom is -0.395 e. The molecule has 0 aliphatic heterocycles. The van der Waals surface area contributed by atoms with Crippen LogP contribution >= 0.6 is 0 Å². The van der Waals surface area contributed by atoms with E-state index in [2.05, 4.69) is 4.90 Å². The van der Waals surface area contributed by atoms with Gasteiger partial charge in [-0.3, -0.25) is 9.69 Å². The van der Waals surface area contributed by atoms with Gasteiger partial charge in [-0.15, -0.1) is 0 Å². The van der Waals surface area contributed by atoms with Crippen molar-refractivity contribution in [3.05, 3.63) is 0 Å². The maximum atomic E-state index is 11.8. The molecular formula is C11H22N2O2. The molecule has 0 unspecified atom stereocenters. The molecule has 1 rings (SSSR count). The van der Waals surface area contributed by atoms with Crippen LogP contribution in [0.4, 0.5) is 0 Å². The first-order valence-corrected chi connectivity index (χ1v) is 5.85. The minimum atomic E-state index is 0.141. The third-order valence-electron chi connectivity index (χ3n) is 2.90. The average Bonchev–Trinajstić information content (AvgIpc) is 3.02. The summed E-state index contributed by atoms with van der Waals surface area (Å²) in [5.41, 5.74) is 0. The number of likely N-dealkylation sites (N-methyl/N-ethyl adjacent to an activating group) is 1. The van der Waals surface area contributed by atoms with Gasteiger partial charge in [-0.2, -0.15) is 0 Å². The lowest BCUT2D eigenvalue weighted by atomic mass is 10.4. The van der Waals surface area contributed by atoms with Crippen LogP contribution in [0.1, 0.15) is 26.7 Å². The molecule has 4 nitrogen and oxygen atoms in total. The molecule has 1 aliphatic rings. The molecule has 1 fully saturated rings. The lowest BCUT2D eigenvalue weighted by Gasteiger charge is -2.25. The van der Waals surface area contributed by atoms with Crippen LogP contribution in [0.15, 0.2) is 0 Å². The van der Waals surface area contributed by atoms with Gasteiger partial charge in [-0.25, -0.2) is 0 Å². The van der Waals surface area contributed by atoms with Crippen LogP contribution < -0.4 is 0 Å². The summed E-state index contributed by atoms with van der Waals surface area (Å²) in [5, 5.41) is 8.91. The van der Waals surface area contributed by atoms with E-state index >= 15 is 0 Å². The van der Waals surface area contributed by atoms with Crippen molar-refractivity contribution in [1.29, 1.82) is 0 Å². The van der Waals surface area contributed by atoms with Gasteiger partial charge in [0.15, 0.2) is 0 Å². The van der Waals surface area contributed by atoms with Crippen LogP contribution in [0.5, 0.6) is 0 Å². The van der Waals surface area contributed by atoms with E-state index in [9.17, 15) is 4.79 Å². The van der Waals surface area contributed by atoms with E-state index in [-0.39, 0.29) is 12.5 Å². The zero-order valence-corrected chi connectivity index (χ0v) is 9.78. The van der Waals surface area contributed by atoms with E-state index in [4.69, 9.17) is 5.11 Å². The predicted octanol–water partition coefficient (Wildman–Crippen LogP) is 0.311. The van der Waals surface area contributed by atoms with Gasteiger partial charge in [0.2, 0.25) is 5.91 Å². The molecule has 0 aromatic rings. The number of aliphatic hydroxyl groups is 1. The Balaban J connectivity index is 2.38. The third-order valence-corrected chi connectivity index (χ3v) is 2.90. The standard InChI is InChI=1S/C11H22N2O2/c1-3-12(4-2)11(15)9-13(7-8-14)10-5-6-10/h10,14H,3-9H2,1-2H3. The van der Waals surface area contributed by atoms with Crippen LogP contribution in [0.25, 0.3) is 0 Å². The van der Waals surface area contributed by atoms with Crippen molar-refractivity contribution in [2.75, 3.05) is 32.8 Å². The number of rotatable bonds is 7. The SMILES string of the molecule is CCN(CC)C(=O)CN(CCO)C1CC1. The molecule has 1 amide bonds. The van der Waals surface area contributed by atoms with E-state index in [0.717, 1.165) is 13.1 Å². The summed E-state index contributed by atoms with van der Waals surface area (Å²) >= 11 is 0. The van der Waals surface area contributed by atoms with Gasteiger partial charge in [-0.1, -0.05) is 0 Å². The van der Waals surface area contributed by atoms with Gasteiger partial charge in [0.25, 0.3) is 0 Å². The van der Waals surface area contributed by atoms with Gasteiger partial charge >= 0.3 is 0 Å². The Labute approximate surface area is 91.9 Å². The molecule has 0 heterocycles. The highest BCUT2D eigenvalue weighted by Gasteiger charge is 2.30. The first-order chi connectivity index (χ1) is 7.22. The van der Waals surface area contributed by atoms with Gasteiger partial charge in [0.05, 0.1) is 13.2 Å². The Morgan fingerprint density at radius 1 is 1.33 bits per heavy atom. The third kappa shape index (κ3) is 3.80. The van der Waals surface area contributed by atoms with Crippen molar-refractivity contribution in [2.45, 2.75) is 32.7 Å². The smallest absolute Gasteiger partial charge is 0.236 e. The lowest BCUT2D eigenvalue weighted by Crippen LogP contribution is -2.42. The largest absolute Gasteiger partial charge is 0.395 e. The second-order valence-electron chi connectivity index (χ2n) is 3.99. The predicted molar refractivity (Wildman–Crippen MR) is 59.6 cm³/mol. The fourth-order valence-corrected chi connectivity index (χ4v) is 1.81. The van der Waals surface area contributed by atoms with Crippen molar-refractivity contribution in [1.82, 2.24) is 9.80 Å². The molecule has 1 N–H and O–H groups in total. The van der Waals surface area contributed by atoms with Crippen molar-refractivity contribution >= 4 is 5.91 Å². The molecule has 0 saturated heterocycles. The van der Waals surface area contributed by atoms with E-state index in [1.54, 1.807) is 0 Å². The van der Waals surface area contributed by atoms with E-state index in [0.29, 0.717) is 19.1 Å². The highest BCUT2D eigenvalue weighted by atomic mass is 16.3. The fraction of sp³-hybridized carbons (Fsp3) is 0.909. The number of amides is 1. The van der Waals surface area contributed by atoms with E-state index in [1.807, 2.05) is 18.7 Å². The summed E-state index contributed by atoms with van der Waals surface area (Å²) in [5.74, 6) is 0.181. The molecule has 0 radical (unpaired) electrons. The molecule has 0 spiro atoms. The zero-order chi connectivity index (χ0) is 11.3. The van der Waals surface area contributed by atoms with Gasteiger partial charge in [-0.05, 0) is 26.7 Å². The molecule has 0 aromatic carbocycles. The molecular weight excluding hydrogens is 192 g/mol. The Hall–Kier alpha value is -0.610. The normalized spacial score (nSPS) is 15.7. The number of nitrogens with zero attached hydrogens (tertiary/aromatic N) is 2. The van der Waals surface area contributed by atoms with Crippen molar-refractivity contribution in [2.24, 2.45) is 0 Å². The summed E-state index contributed by atoms with van der Waals surface area (Å²) in [7, 11) is 0. The van der Waals surface area contributed by atoms with Crippen LogP contribution in [0.2, 0.25) is 0 Å². The molecule has 0 bridgehead atoms. The molecule has 15 heavy (non-hydrogen) atoms. The summed E-state index contributed by atoms with van der Waals surface area (Å²) < 4.78 is 0. The maximum absolute atomic E-state index is 11.8. The van der Waals surface area contributed by atoms with E-state index in [1.165, 1.54) is 12.8 Å². The van der Waals surface area contributed by atoms with Crippen molar-refractivity contribution in [3.63, 3.8) is 0 Å². The van der Waals surface area contributed by atoms with Gasteiger partial charge < -0.3 is 10.0 Å². The Bertz CT molecular complexity index is 201. The quantitative estimate of drug-likeness (QED) is 0.663. The van der Waals surface area contributed by atoms with Crippen LogP contribution in [0, 0.1) is 0 Å². The second kappa shape index (κ2) is 6.08. The molecule has 1 saturated carbocycles. The Morgan fingerprint density at radius 2 is 1.93 bits per heavy atom. The van der Waals surface area contributed by atoms with Crippen molar-refractivity contribution < 1.29 is 9.90 Å². The van der Waals surface area contributed by atoms with Crippen LogP contribution in [-0.4, -0.2) is 59.6 Å². The van der Waals surface area contributed by atoms with E-state index < -0.39 is 0 Å². The molecule has 4 heteroatoms. The van der Waals surface area contributed by atoms with Crippen LogP contribution in [0.3, 0.4) is 0 Å². The molecule has 88 valence electrons. The minimum absolute atomic E-state index is 0.141. The molecule has 1 aliphatic carbocycles. The van der Waals surface area contributed by atoms with Crippen LogP contribution in [-0.2, 0) is 4.79 Å². The zero-order valence-electron chi connectivity index (χ0n) is 9.78. The first kappa shape index (κ1) is 12.5. The average molecular weight is 214 g/mol. The monoisotopic (exact) mass is 214 g/mol.